The van der Waals surface area contributed by atoms with Crippen molar-refractivity contribution in [3.05, 3.63) is 126 Å². The van der Waals surface area contributed by atoms with E-state index in [1.54, 1.807) is 0 Å². The van der Waals surface area contributed by atoms with E-state index in [0.717, 1.165) is 17.7 Å². The molecule has 4 nitrogen and oxygen atoms in total. The van der Waals surface area contributed by atoms with Crippen LogP contribution in [0.4, 0.5) is 0 Å². The van der Waals surface area contributed by atoms with Gasteiger partial charge in [-0.1, -0.05) is 91.0 Å². The first-order chi connectivity index (χ1) is 14.8. The molecular weight excluding hydrogens is 406 g/mol. The quantitative estimate of drug-likeness (QED) is 0.414. The molecule has 5 heteroatoms. The number of carbonyl (C=O) groups is 1. The Kier molecular flexibility index (Phi) is 8.02. The van der Waals surface area contributed by atoms with Gasteiger partial charge in [0.25, 0.3) is 5.91 Å². The zero-order valence-electron chi connectivity index (χ0n) is 17.3. The van der Waals surface area contributed by atoms with Gasteiger partial charge in [-0.15, -0.1) is 0 Å². The van der Waals surface area contributed by atoms with Gasteiger partial charge in [-0.05, 0) is 16.7 Å². The predicted octanol–water partition coefficient (Wildman–Crippen LogP) is 0.928. The van der Waals surface area contributed by atoms with E-state index in [1.165, 1.54) is 5.56 Å². The van der Waals surface area contributed by atoms with Crippen LogP contribution in [0.1, 0.15) is 22.7 Å². The van der Waals surface area contributed by atoms with Crippen molar-refractivity contribution in [2.24, 2.45) is 0 Å². The lowest BCUT2D eigenvalue weighted by Crippen LogP contribution is -3.00. The summed E-state index contributed by atoms with van der Waals surface area (Å²) in [5.74, 6) is 0.0187. The van der Waals surface area contributed by atoms with Gasteiger partial charge >= 0.3 is 0 Å². The third-order valence-electron chi connectivity index (χ3n) is 5.16. The SMILES string of the molecule is O=C(NCc1ccccc1)[C@H](Cc1ccccc1)n1cc[n+](Cc2ccccc2)c1.[Cl-]. The van der Waals surface area contributed by atoms with Crippen molar-refractivity contribution in [1.29, 1.82) is 0 Å². The molecule has 1 aromatic heterocycles. The Hall–Kier alpha value is -3.37. The largest absolute Gasteiger partial charge is 1.00 e. The fourth-order valence-electron chi connectivity index (χ4n) is 3.56. The van der Waals surface area contributed by atoms with Crippen LogP contribution < -0.4 is 22.3 Å². The number of aromatic nitrogens is 2. The van der Waals surface area contributed by atoms with E-state index in [1.807, 2.05) is 90.0 Å². The Bertz CT molecular complexity index is 1070. The van der Waals surface area contributed by atoms with Gasteiger partial charge in [-0.3, -0.25) is 4.79 Å². The van der Waals surface area contributed by atoms with Crippen molar-refractivity contribution < 1.29 is 21.8 Å². The fourth-order valence-corrected chi connectivity index (χ4v) is 3.56. The topological polar surface area (TPSA) is 37.9 Å². The number of nitrogens with one attached hydrogen (secondary N) is 1. The van der Waals surface area contributed by atoms with Crippen LogP contribution in [-0.4, -0.2) is 10.5 Å². The highest BCUT2D eigenvalue weighted by atomic mass is 35.5. The third-order valence-corrected chi connectivity index (χ3v) is 5.16. The van der Waals surface area contributed by atoms with Crippen molar-refractivity contribution in [2.45, 2.75) is 25.6 Å². The second kappa shape index (κ2) is 11.1. The molecule has 0 saturated heterocycles. The van der Waals surface area contributed by atoms with E-state index >= 15 is 0 Å². The van der Waals surface area contributed by atoms with Crippen LogP contribution in [0, 0.1) is 0 Å². The highest BCUT2D eigenvalue weighted by Crippen LogP contribution is 2.15. The highest BCUT2D eigenvalue weighted by Gasteiger charge is 2.25. The van der Waals surface area contributed by atoms with Gasteiger partial charge in [-0.2, -0.15) is 0 Å². The standard InChI is InChI=1S/C26H25N3O.ClH/c30-26(27-19-23-12-6-2-7-13-23)25(18-22-10-4-1-5-11-22)29-17-16-28(21-29)20-24-14-8-3-9-15-24;/h1-17,21,25H,18-20H2;1H/t25-;/m0./s1. The molecule has 158 valence electrons. The molecule has 0 fully saturated rings. The van der Waals surface area contributed by atoms with E-state index in [0.29, 0.717) is 13.0 Å². The van der Waals surface area contributed by atoms with E-state index in [9.17, 15) is 4.79 Å². The summed E-state index contributed by atoms with van der Waals surface area (Å²) in [5, 5.41) is 3.11. The lowest BCUT2D eigenvalue weighted by molar-refractivity contribution is -0.687. The number of carbonyl (C=O) groups excluding carboxylic acids is 1. The van der Waals surface area contributed by atoms with Gasteiger partial charge in [0, 0.05) is 13.0 Å². The van der Waals surface area contributed by atoms with Gasteiger partial charge < -0.3 is 17.7 Å². The molecular formula is C26H26ClN3O. The average molecular weight is 432 g/mol. The maximum atomic E-state index is 13.1. The smallest absolute Gasteiger partial charge is 0.266 e. The fraction of sp³-hybridized carbons (Fsp3) is 0.154. The molecule has 0 aliphatic rings. The zero-order chi connectivity index (χ0) is 20.6. The second-order valence-electron chi connectivity index (χ2n) is 7.43. The lowest BCUT2D eigenvalue weighted by atomic mass is 10.0. The molecule has 4 aromatic rings. The minimum absolute atomic E-state index is 0. The second-order valence-corrected chi connectivity index (χ2v) is 7.43. The molecule has 0 aliphatic heterocycles. The van der Waals surface area contributed by atoms with Crippen molar-refractivity contribution in [3.63, 3.8) is 0 Å². The van der Waals surface area contributed by atoms with Gasteiger partial charge in [-0.25, -0.2) is 9.13 Å². The van der Waals surface area contributed by atoms with E-state index in [2.05, 4.69) is 34.1 Å². The monoisotopic (exact) mass is 431 g/mol. The van der Waals surface area contributed by atoms with E-state index in [-0.39, 0.29) is 24.4 Å². The highest BCUT2D eigenvalue weighted by molar-refractivity contribution is 5.80. The van der Waals surface area contributed by atoms with Crippen molar-refractivity contribution in [1.82, 2.24) is 9.88 Å². The molecule has 0 spiro atoms. The number of imidazole rings is 1. The Morgan fingerprint density at radius 1 is 0.806 bits per heavy atom. The number of hydrogen-bond donors (Lipinski definition) is 1. The molecule has 1 heterocycles. The maximum Gasteiger partial charge on any atom is 0.266 e. The first kappa shape index (κ1) is 22.3. The maximum absolute atomic E-state index is 13.1. The van der Waals surface area contributed by atoms with Gasteiger partial charge in [0.2, 0.25) is 6.33 Å². The molecule has 3 aromatic carbocycles. The summed E-state index contributed by atoms with van der Waals surface area (Å²) in [6.45, 7) is 1.30. The van der Waals surface area contributed by atoms with Crippen LogP contribution in [-0.2, 0) is 24.3 Å². The van der Waals surface area contributed by atoms with Gasteiger partial charge in [0.1, 0.15) is 18.9 Å². The summed E-state index contributed by atoms with van der Waals surface area (Å²) in [4.78, 5) is 13.1. The van der Waals surface area contributed by atoms with Gasteiger partial charge in [0.05, 0.1) is 0 Å². The molecule has 1 N–H and O–H groups in total. The first-order valence-electron chi connectivity index (χ1n) is 10.2. The molecule has 0 aliphatic carbocycles. The number of benzene rings is 3. The molecule has 1 amide bonds. The summed E-state index contributed by atoms with van der Waals surface area (Å²) in [6.07, 6.45) is 6.66. The number of nitrogens with zero attached hydrogens (tertiary/aromatic N) is 2. The Morgan fingerprint density at radius 3 is 1.97 bits per heavy atom. The third kappa shape index (κ3) is 6.30. The van der Waals surface area contributed by atoms with Crippen LogP contribution in [0.2, 0.25) is 0 Å². The number of amides is 1. The zero-order valence-corrected chi connectivity index (χ0v) is 18.0. The normalized spacial score (nSPS) is 11.4. The van der Waals surface area contributed by atoms with Crippen LogP contribution in [0.25, 0.3) is 0 Å². The summed E-state index contributed by atoms with van der Waals surface area (Å²) in [5.41, 5.74) is 3.46. The molecule has 31 heavy (non-hydrogen) atoms. The van der Waals surface area contributed by atoms with Gasteiger partial charge in [0.15, 0.2) is 6.04 Å². The van der Waals surface area contributed by atoms with Crippen LogP contribution >= 0.6 is 0 Å². The Balaban J connectivity index is 0.00000272. The summed E-state index contributed by atoms with van der Waals surface area (Å²) < 4.78 is 4.12. The molecule has 4 rings (SSSR count). The molecule has 0 bridgehead atoms. The molecule has 1 atom stereocenters. The van der Waals surface area contributed by atoms with E-state index < -0.39 is 0 Å². The van der Waals surface area contributed by atoms with Crippen LogP contribution in [0.15, 0.2) is 110 Å². The number of halogens is 1. The van der Waals surface area contributed by atoms with Crippen molar-refractivity contribution in [3.8, 4) is 0 Å². The summed E-state index contributed by atoms with van der Waals surface area (Å²) >= 11 is 0. The van der Waals surface area contributed by atoms with Crippen LogP contribution in [0.3, 0.4) is 0 Å². The minimum Gasteiger partial charge on any atom is -1.00 e. The Labute approximate surface area is 189 Å². The molecule has 0 saturated carbocycles. The van der Waals surface area contributed by atoms with Crippen molar-refractivity contribution in [2.75, 3.05) is 0 Å². The predicted molar refractivity (Wildman–Crippen MR) is 118 cm³/mol. The van der Waals surface area contributed by atoms with Crippen LogP contribution in [0.5, 0.6) is 0 Å². The average Bonchev–Trinajstić information content (AvgIpc) is 3.26. The lowest BCUT2D eigenvalue weighted by Gasteiger charge is -2.14. The van der Waals surface area contributed by atoms with Crippen molar-refractivity contribution >= 4 is 5.91 Å². The summed E-state index contributed by atoms with van der Waals surface area (Å²) in [7, 11) is 0. The minimum atomic E-state index is -0.312. The van der Waals surface area contributed by atoms with E-state index in [4.69, 9.17) is 0 Å². The Morgan fingerprint density at radius 2 is 1.35 bits per heavy atom. The molecule has 0 radical (unpaired) electrons. The first-order valence-corrected chi connectivity index (χ1v) is 10.2. The molecule has 0 unspecified atom stereocenters. The number of hydrogen-bond acceptors (Lipinski definition) is 1. The number of rotatable bonds is 8. The summed E-state index contributed by atoms with van der Waals surface area (Å²) in [6, 6.07) is 30.2.